The van der Waals surface area contributed by atoms with Gasteiger partial charge in [-0.25, -0.2) is 22.3 Å². The average Bonchev–Trinajstić information content (AvgIpc) is 2.89. The summed E-state index contributed by atoms with van der Waals surface area (Å²) < 4.78 is 52.2. The Kier molecular flexibility index (Phi) is 4.74. The molecule has 2 aromatic carbocycles. The molecule has 10 heteroatoms. The van der Waals surface area contributed by atoms with E-state index in [0.717, 1.165) is 29.0 Å². The lowest BCUT2D eigenvalue weighted by Crippen LogP contribution is -2.17. The molecule has 2 N–H and O–H groups in total. The molecule has 26 heavy (non-hydrogen) atoms. The van der Waals surface area contributed by atoms with Crippen LogP contribution in [-0.4, -0.2) is 13.0 Å². The third-order valence-corrected chi connectivity index (χ3v) is 5.78. The van der Waals surface area contributed by atoms with Gasteiger partial charge in [0.2, 0.25) is 10.0 Å². The number of rotatable bonds is 3. The number of nitrogens with two attached hydrogens (primary N) is 1. The number of aromatic nitrogens is 1. The maximum absolute atomic E-state index is 14.1. The van der Waals surface area contributed by atoms with Crippen molar-refractivity contribution in [3.8, 4) is 16.9 Å². The van der Waals surface area contributed by atoms with Crippen LogP contribution in [0.25, 0.3) is 16.9 Å². The second-order valence-electron chi connectivity index (χ2n) is 5.47. The van der Waals surface area contributed by atoms with Gasteiger partial charge in [0.05, 0.1) is 11.4 Å². The molecule has 136 valence electrons. The molecule has 3 rings (SSSR count). The highest BCUT2D eigenvalue weighted by molar-refractivity contribution is 7.89. The topological polar surface area (TPSA) is 82.2 Å². The maximum Gasteiger partial charge on any atom is 0.312 e. The zero-order valence-corrected chi connectivity index (χ0v) is 15.6. The standard InChI is InChI=1S/C16H11ClF2N2O3S2/c1-8-2-3-10(6-11(8)17)21-14(7-25-16(21)22)9-4-12(18)15(13(19)5-9)26(20,23)24/h2-7H,1H3,(H2,20,23,24). The van der Waals surface area contributed by atoms with Crippen LogP contribution < -0.4 is 10.0 Å². The molecule has 0 radical (unpaired) electrons. The van der Waals surface area contributed by atoms with E-state index in [1.165, 1.54) is 9.95 Å². The maximum atomic E-state index is 14.1. The first kappa shape index (κ1) is 18.7. The molecule has 1 aromatic heterocycles. The summed E-state index contributed by atoms with van der Waals surface area (Å²) in [7, 11) is -4.56. The Morgan fingerprint density at radius 1 is 1.15 bits per heavy atom. The van der Waals surface area contributed by atoms with E-state index >= 15 is 0 Å². The summed E-state index contributed by atoms with van der Waals surface area (Å²) in [5.74, 6) is -2.68. The van der Waals surface area contributed by atoms with Gasteiger partial charge >= 0.3 is 4.87 Å². The Balaban J connectivity index is 2.24. The van der Waals surface area contributed by atoms with E-state index in [4.69, 9.17) is 16.7 Å². The fourth-order valence-corrected chi connectivity index (χ4v) is 4.05. The molecular weight excluding hydrogens is 406 g/mol. The highest BCUT2D eigenvalue weighted by Crippen LogP contribution is 2.29. The predicted octanol–water partition coefficient (Wildman–Crippen LogP) is 3.45. The molecule has 0 amide bonds. The summed E-state index contributed by atoms with van der Waals surface area (Å²) in [6.45, 7) is 1.79. The van der Waals surface area contributed by atoms with Gasteiger partial charge in [-0.3, -0.25) is 9.36 Å². The van der Waals surface area contributed by atoms with Gasteiger partial charge in [-0.2, -0.15) is 0 Å². The molecular formula is C16H11ClF2N2O3S2. The Morgan fingerprint density at radius 3 is 2.31 bits per heavy atom. The predicted molar refractivity (Wildman–Crippen MR) is 96.4 cm³/mol. The number of nitrogens with zero attached hydrogens (tertiary/aromatic N) is 1. The van der Waals surface area contributed by atoms with Crippen LogP contribution in [0.2, 0.25) is 5.02 Å². The number of hydrogen-bond donors (Lipinski definition) is 1. The molecule has 0 aliphatic heterocycles. The minimum atomic E-state index is -4.56. The molecule has 0 saturated carbocycles. The first-order valence-corrected chi connectivity index (χ1v) is 9.89. The second kappa shape index (κ2) is 6.58. The Bertz CT molecular complexity index is 1160. The molecule has 3 aromatic rings. The third-order valence-electron chi connectivity index (χ3n) is 3.69. The van der Waals surface area contributed by atoms with E-state index in [9.17, 15) is 22.0 Å². The molecule has 0 bridgehead atoms. The molecule has 0 fully saturated rings. The summed E-state index contributed by atoms with van der Waals surface area (Å²) in [5, 5.41) is 6.67. The van der Waals surface area contributed by atoms with E-state index in [1.807, 2.05) is 0 Å². The SMILES string of the molecule is Cc1ccc(-n2c(-c3cc(F)c(S(N)(=O)=O)c(F)c3)csc2=O)cc1Cl. The molecule has 0 saturated heterocycles. The van der Waals surface area contributed by atoms with Gasteiger partial charge in [0, 0.05) is 16.0 Å². The Labute approximate surface area is 156 Å². The average molecular weight is 417 g/mol. The van der Waals surface area contributed by atoms with Crippen LogP contribution in [0.5, 0.6) is 0 Å². The van der Waals surface area contributed by atoms with Gasteiger partial charge < -0.3 is 0 Å². The lowest BCUT2D eigenvalue weighted by atomic mass is 10.1. The van der Waals surface area contributed by atoms with Crippen LogP contribution >= 0.6 is 22.9 Å². The summed E-state index contributed by atoms with van der Waals surface area (Å²) >= 11 is 6.92. The van der Waals surface area contributed by atoms with Crippen molar-refractivity contribution >= 4 is 33.0 Å². The highest BCUT2D eigenvalue weighted by Gasteiger charge is 2.23. The lowest BCUT2D eigenvalue weighted by molar-refractivity contribution is 0.520. The van der Waals surface area contributed by atoms with E-state index < -0.39 is 31.4 Å². The van der Waals surface area contributed by atoms with Gasteiger partial charge in [0.15, 0.2) is 4.90 Å². The van der Waals surface area contributed by atoms with Gasteiger partial charge in [-0.15, -0.1) is 0 Å². The first-order chi connectivity index (χ1) is 12.1. The Morgan fingerprint density at radius 2 is 1.77 bits per heavy atom. The van der Waals surface area contributed by atoms with Crippen LogP contribution in [0.15, 0.2) is 45.4 Å². The van der Waals surface area contributed by atoms with Crippen LogP contribution in [0.4, 0.5) is 8.78 Å². The molecule has 5 nitrogen and oxygen atoms in total. The largest absolute Gasteiger partial charge is 0.312 e. The van der Waals surface area contributed by atoms with Crippen molar-refractivity contribution in [2.24, 2.45) is 5.14 Å². The van der Waals surface area contributed by atoms with Crippen molar-refractivity contribution in [2.75, 3.05) is 0 Å². The fourth-order valence-electron chi connectivity index (χ4n) is 2.45. The summed E-state index contributed by atoms with van der Waals surface area (Å²) in [6, 6.07) is 6.54. The molecule has 1 heterocycles. The number of thiazole rings is 1. The first-order valence-electron chi connectivity index (χ1n) is 7.09. The number of primary sulfonamides is 1. The van der Waals surface area contributed by atoms with Gasteiger partial charge in [0.25, 0.3) is 0 Å². The van der Waals surface area contributed by atoms with Crippen molar-refractivity contribution < 1.29 is 17.2 Å². The van der Waals surface area contributed by atoms with E-state index in [0.29, 0.717) is 10.7 Å². The highest BCUT2D eigenvalue weighted by atomic mass is 35.5. The normalized spacial score (nSPS) is 11.7. The number of hydrogen-bond acceptors (Lipinski definition) is 4. The zero-order chi connectivity index (χ0) is 19.2. The van der Waals surface area contributed by atoms with Crippen molar-refractivity contribution in [1.29, 1.82) is 0 Å². The summed E-state index contributed by atoms with van der Waals surface area (Å²) in [5.41, 5.74) is 1.40. The number of benzene rings is 2. The lowest BCUT2D eigenvalue weighted by Gasteiger charge is -2.11. The second-order valence-corrected chi connectivity index (χ2v) is 8.20. The quantitative estimate of drug-likeness (QED) is 0.709. The minimum Gasteiger partial charge on any atom is -0.267 e. The molecule has 0 spiro atoms. The number of sulfonamides is 1. The Hall–Kier alpha value is -2.07. The van der Waals surface area contributed by atoms with Crippen molar-refractivity contribution in [3.63, 3.8) is 0 Å². The number of halogens is 3. The van der Waals surface area contributed by atoms with Gasteiger partial charge in [-0.05, 0) is 36.8 Å². The van der Waals surface area contributed by atoms with Crippen LogP contribution in [0.3, 0.4) is 0 Å². The summed E-state index contributed by atoms with van der Waals surface area (Å²) in [4.78, 5) is 10.6. The van der Waals surface area contributed by atoms with Crippen LogP contribution in [0, 0.1) is 18.6 Å². The van der Waals surface area contributed by atoms with Crippen LogP contribution in [-0.2, 0) is 10.0 Å². The molecule has 0 atom stereocenters. The minimum absolute atomic E-state index is 0.0116. The molecule has 0 aliphatic carbocycles. The van der Waals surface area contributed by atoms with Crippen molar-refractivity contribution in [3.05, 3.63) is 67.6 Å². The summed E-state index contributed by atoms with van der Waals surface area (Å²) in [6.07, 6.45) is 0. The smallest absolute Gasteiger partial charge is 0.267 e. The molecule has 0 unspecified atom stereocenters. The van der Waals surface area contributed by atoms with Crippen LogP contribution in [0.1, 0.15) is 5.56 Å². The van der Waals surface area contributed by atoms with Crippen molar-refractivity contribution in [2.45, 2.75) is 11.8 Å². The molecule has 0 aliphatic rings. The monoisotopic (exact) mass is 416 g/mol. The van der Waals surface area contributed by atoms with E-state index in [1.54, 1.807) is 25.1 Å². The third kappa shape index (κ3) is 3.30. The van der Waals surface area contributed by atoms with Gasteiger partial charge in [-0.1, -0.05) is 29.0 Å². The number of aryl methyl sites for hydroxylation is 1. The van der Waals surface area contributed by atoms with Crippen molar-refractivity contribution in [1.82, 2.24) is 4.57 Å². The van der Waals surface area contributed by atoms with Gasteiger partial charge in [0.1, 0.15) is 11.6 Å². The fraction of sp³-hybridized carbons (Fsp3) is 0.0625. The zero-order valence-electron chi connectivity index (χ0n) is 13.2. The van der Waals surface area contributed by atoms with E-state index in [-0.39, 0.29) is 11.3 Å². The van der Waals surface area contributed by atoms with E-state index in [2.05, 4.69) is 0 Å².